The van der Waals surface area contributed by atoms with Crippen LogP contribution in [0.3, 0.4) is 0 Å². The molecule has 0 aliphatic heterocycles. The van der Waals surface area contributed by atoms with Crippen LogP contribution in [0.15, 0.2) is 16.9 Å². The molecule has 1 aliphatic rings. The normalized spacial score (nSPS) is 15.3. The van der Waals surface area contributed by atoms with E-state index in [1.807, 2.05) is 10.6 Å². The molecule has 0 radical (unpaired) electrons. The molecule has 1 aromatic rings. The predicted molar refractivity (Wildman–Crippen MR) is 84.3 cm³/mol. The van der Waals surface area contributed by atoms with E-state index in [1.54, 1.807) is 6.07 Å². The number of aromatic nitrogens is 1. The minimum Gasteiger partial charge on any atom is -0.314 e. The summed E-state index contributed by atoms with van der Waals surface area (Å²) in [6.07, 6.45) is 8.03. The SMILES string of the molecule is CCCNC(CC)CCCn1c2c(ccc1=O)CCC2. The molecule has 0 bridgehead atoms. The van der Waals surface area contributed by atoms with Gasteiger partial charge in [0.1, 0.15) is 0 Å². The number of pyridine rings is 1. The second-order valence-corrected chi connectivity index (χ2v) is 5.85. The van der Waals surface area contributed by atoms with Gasteiger partial charge in [0.15, 0.2) is 0 Å². The maximum absolute atomic E-state index is 12.0. The molecule has 1 atom stereocenters. The Kier molecular flexibility index (Phi) is 5.84. The minimum absolute atomic E-state index is 0.181. The summed E-state index contributed by atoms with van der Waals surface area (Å²) in [5.74, 6) is 0. The number of hydrogen-bond acceptors (Lipinski definition) is 2. The molecular weight excluding hydrogens is 248 g/mol. The first-order chi connectivity index (χ1) is 9.76. The average Bonchev–Trinajstić information content (AvgIpc) is 2.93. The Hall–Kier alpha value is -1.09. The lowest BCUT2D eigenvalue weighted by Gasteiger charge is -2.17. The summed E-state index contributed by atoms with van der Waals surface area (Å²) in [4.78, 5) is 12.0. The average molecular weight is 276 g/mol. The highest BCUT2D eigenvalue weighted by atomic mass is 16.1. The molecule has 0 saturated heterocycles. The van der Waals surface area contributed by atoms with Gasteiger partial charge in [-0.3, -0.25) is 4.79 Å². The highest BCUT2D eigenvalue weighted by Crippen LogP contribution is 2.20. The highest BCUT2D eigenvalue weighted by molar-refractivity contribution is 5.25. The first-order valence-corrected chi connectivity index (χ1v) is 8.21. The van der Waals surface area contributed by atoms with Gasteiger partial charge in [-0.2, -0.15) is 0 Å². The third kappa shape index (κ3) is 3.72. The van der Waals surface area contributed by atoms with E-state index in [2.05, 4.69) is 19.2 Å². The molecule has 1 unspecified atom stereocenters. The van der Waals surface area contributed by atoms with Gasteiger partial charge in [-0.1, -0.05) is 19.9 Å². The molecule has 3 nitrogen and oxygen atoms in total. The minimum atomic E-state index is 0.181. The van der Waals surface area contributed by atoms with Gasteiger partial charge < -0.3 is 9.88 Å². The van der Waals surface area contributed by atoms with Crippen LogP contribution in [0.5, 0.6) is 0 Å². The van der Waals surface area contributed by atoms with Gasteiger partial charge in [-0.25, -0.2) is 0 Å². The van der Waals surface area contributed by atoms with Crippen molar-refractivity contribution in [1.29, 1.82) is 0 Å². The fraction of sp³-hybridized carbons (Fsp3) is 0.706. The Morgan fingerprint density at radius 3 is 2.90 bits per heavy atom. The number of fused-ring (bicyclic) bond motifs is 1. The summed E-state index contributed by atoms with van der Waals surface area (Å²) in [6, 6.07) is 4.37. The molecule has 0 aromatic carbocycles. The molecule has 1 heterocycles. The third-order valence-electron chi connectivity index (χ3n) is 4.36. The molecule has 1 aliphatic carbocycles. The quantitative estimate of drug-likeness (QED) is 0.792. The summed E-state index contributed by atoms with van der Waals surface area (Å²) in [5.41, 5.74) is 2.87. The molecule has 1 aromatic heterocycles. The smallest absolute Gasteiger partial charge is 0.250 e. The van der Waals surface area contributed by atoms with Crippen LogP contribution in [0.25, 0.3) is 0 Å². The van der Waals surface area contributed by atoms with Crippen LogP contribution >= 0.6 is 0 Å². The monoisotopic (exact) mass is 276 g/mol. The molecule has 3 heteroatoms. The molecule has 0 fully saturated rings. The Balaban J connectivity index is 1.91. The van der Waals surface area contributed by atoms with Crippen LogP contribution in [-0.2, 0) is 19.4 Å². The van der Waals surface area contributed by atoms with Gasteiger partial charge in [0, 0.05) is 24.3 Å². The zero-order chi connectivity index (χ0) is 14.4. The number of nitrogens with one attached hydrogen (secondary N) is 1. The van der Waals surface area contributed by atoms with Gasteiger partial charge in [-0.15, -0.1) is 0 Å². The van der Waals surface area contributed by atoms with E-state index in [0.29, 0.717) is 6.04 Å². The molecule has 2 rings (SSSR count). The standard InChI is InChI=1S/C17H28N2O/c1-3-12-18-15(4-2)8-6-13-19-16-9-5-7-14(16)10-11-17(19)20/h10-11,15,18H,3-9,12-13H2,1-2H3. The largest absolute Gasteiger partial charge is 0.314 e. The van der Waals surface area contributed by atoms with Crippen molar-refractivity contribution < 1.29 is 0 Å². The number of rotatable bonds is 8. The van der Waals surface area contributed by atoms with E-state index in [4.69, 9.17) is 0 Å². The molecule has 0 saturated carbocycles. The zero-order valence-corrected chi connectivity index (χ0v) is 13.0. The van der Waals surface area contributed by atoms with E-state index in [-0.39, 0.29) is 5.56 Å². The maximum Gasteiger partial charge on any atom is 0.250 e. The maximum atomic E-state index is 12.0. The van der Waals surface area contributed by atoms with Crippen LogP contribution in [0.4, 0.5) is 0 Å². The second kappa shape index (κ2) is 7.63. The first kappa shape index (κ1) is 15.3. The van der Waals surface area contributed by atoms with E-state index >= 15 is 0 Å². The number of aryl methyl sites for hydroxylation is 1. The van der Waals surface area contributed by atoms with Crippen molar-refractivity contribution in [2.24, 2.45) is 0 Å². The summed E-state index contributed by atoms with van der Waals surface area (Å²) in [6.45, 7) is 6.41. The summed E-state index contributed by atoms with van der Waals surface area (Å²) in [5, 5.41) is 3.58. The lowest BCUT2D eigenvalue weighted by Crippen LogP contribution is -2.30. The number of hydrogen-bond donors (Lipinski definition) is 1. The summed E-state index contributed by atoms with van der Waals surface area (Å²) in [7, 11) is 0. The van der Waals surface area contributed by atoms with E-state index in [0.717, 1.165) is 38.8 Å². The fourth-order valence-corrected chi connectivity index (χ4v) is 3.17. The Morgan fingerprint density at radius 2 is 2.15 bits per heavy atom. The van der Waals surface area contributed by atoms with E-state index < -0.39 is 0 Å². The topological polar surface area (TPSA) is 34.0 Å². The predicted octanol–water partition coefficient (Wildman–Crippen LogP) is 2.90. The molecular formula is C17H28N2O. The Labute approximate surface area is 122 Å². The van der Waals surface area contributed by atoms with Gasteiger partial charge in [0.25, 0.3) is 5.56 Å². The fourth-order valence-electron chi connectivity index (χ4n) is 3.17. The van der Waals surface area contributed by atoms with Crippen molar-refractivity contribution in [1.82, 2.24) is 9.88 Å². The van der Waals surface area contributed by atoms with Crippen LogP contribution in [0.2, 0.25) is 0 Å². The molecule has 112 valence electrons. The van der Waals surface area contributed by atoms with Crippen molar-refractivity contribution in [2.45, 2.75) is 71.4 Å². The van der Waals surface area contributed by atoms with Crippen molar-refractivity contribution in [3.63, 3.8) is 0 Å². The lowest BCUT2D eigenvalue weighted by molar-refractivity contribution is 0.435. The Morgan fingerprint density at radius 1 is 1.30 bits per heavy atom. The van der Waals surface area contributed by atoms with Crippen LogP contribution in [0, 0.1) is 0 Å². The first-order valence-electron chi connectivity index (χ1n) is 8.21. The van der Waals surface area contributed by atoms with Crippen LogP contribution in [-0.4, -0.2) is 17.2 Å². The summed E-state index contributed by atoms with van der Waals surface area (Å²) >= 11 is 0. The van der Waals surface area contributed by atoms with Crippen LogP contribution < -0.4 is 10.9 Å². The summed E-state index contributed by atoms with van der Waals surface area (Å²) < 4.78 is 2.02. The van der Waals surface area contributed by atoms with Gasteiger partial charge in [0.05, 0.1) is 0 Å². The zero-order valence-electron chi connectivity index (χ0n) is 13.0. The molecule has 0 spiro atoms. The third-order valence-corrected chi connectivity index (χ3v) is 4.36. The van der Waals surface area contributed by atoms with Crippen molar-refractivity contribution in [3.05, 3.63) is 33.7 Å². The Bertz CT molecular complexity index is 478. The van der Waals surface area contributed by atoms with Gasteiger partial charge in [-0.05, 0) is 57.1 Å². The molecule has 1 N–H and O–H groups in total. The van der Waals surface area contributed by atoms with Gasteiger partial charge >= 0.3 is 0 Å². The lowest BCUT2D eigenvalue weighted by atomic mass is 10.1. The van der Waals surface area contributed by atoms with Gasteiger partial charge in [0.2, 0.25) is 0 Å². The van der Waals surface area contributed by atoms with Crippen LogP contribution in [0.1, 0.15) is 57.2 Å². The highest BCUT2D eigenvalue weighted by Gasteiger charge is 2.15. The van der Waals surface area contributed by atoms with Crippen molar-refractivity contribution in [2.75, 3.05) is 6.54 Å². The van der Waals surface area contributed by atoms with E-state index in [9.17, 15) is 4.79 Å². The number of nitrogens with zero attached hydrogens (tertiary/aromatic N) is 1. The van der Waals surface area contributed by atoms with Crippen molar-refractivity contribution >= 4 is 0 Å². The van der Waals surface area contributed by atoms with E-state index in [1.165, 1.54) is 30.5 Å². The molecule has 20 heavy (non-hydrogen) atoms. The molecule has 0 amide bonds. The van der Waals surface area contributed by atoms with Crippen molar-refractivity contribution in [3.8, 4) is 0 Å². The second-order valence-electron chi connectivity index (χ2n) is 5.85.